The van der Waals surface area contributed by atoms with Crippen LogP contribution in [0.1, 0.15) is 0 Å². The van der Waals surface area contributed by atoms with Gasteiger partial charge in [0.05, 0.1) is 0 Å². The molecule has 0 atom stereocenters. The SMILES string of the molecule is Nc1nccc2ccc(Oc3ccccc3)cc12. The summed E-state index contributed by atoms with van der Waals surface area (Å²) in [5.41, 5.74) is 5.85. The van der Waals surface area contributed by atoms with Gasteiger partial charge in [-0.1, -0.05) is 24.3 Å². The van der Waals surface area contributed by atoms with Crippen molar-refractivity contribution in [2.75, 3.05) is 5.73 Å². The first kappa shape index (κ1) is 10.6. The molecule has 3 rings (SSSR count). The summed E-state index contributed by atoms with van der Waals surface area (Å²) in [6, 6.07) is 17.4. The van der Waals surface area contributed by atoms with Crippen molar-refractivity contribution in [1.82, 2.24) is 4.98 Å². The lowest BCUT2D eigenvalue weighted by molar-refractivity contribution is 0.483. The molecule has 1 heterocycles. The molecule has 0 unspecified atom stereocenters. The van der Waals surface area contributed by atoms with E-state index in [1.165, 1.54) is 0 Å². The first-order valence-electron chi connectivity index (χ1n) is 5.70. The number of aromatic nitrogens is 1. The Hall–Kier alpha value is -2.55. The molecule has 0 aliphatic carbocycles. The highest BCUT2D eigenvalue weighted by molar-refractivity contribution is 5.91. The fourth-order valence-electron chi connectivity index (χ4n) is 1.86. The van der Waals surface area contributed by atoms with E-state index in [1.807, 2.05) is 54.6 Å². The van der Waals surface area contributed by atoms with E-state index in [2.05, 4.69) is 4.98 Å². The minimum atomic E-state index is 0.519. The highest BCUT2D eigenvalue weighted by Crippen LogP contribution is 2.27. The fourth-order valence-corrected chi connectivity index (χ4v) is 1.86. The van der Waals surface area contributed by atoms with Crippen LogP contribution in [0.4, 0.5) is 5.82 Å². The second kappa shape index (κ2) is 4.37. The first-order valence-corrected chi connectivity index (χ1v) is 5.70. The van der Waals surface area contributed by atoms with E-state index >= 15 is 0 Å². The first-order chi connectivity index (χ1) is 8.83. The van der Waals surface area contributed by atoms with E-state index in [-0.39, 0.29) is 0 Å². The molecule has 3 aromatic rings. The highest BCUT2D eigenvalue weighted by Gasteiger charge is 2.02. The van der Waals surface area contributed by atoms with Crippen LogP contribution >= 0.6 is 0 Å². The largest absolute Gasteiger partial charge is 0.457 e. The molecule has 0 saturated heterocycles. The maximum absolute atomic E-state index is 5.85. The smallest absolute Gasteiger partial charge is 0.131 e. The van der Waals surface area contributed by atoms with Crippen molar-refractivity contribution < 1.29 is 4.74 Å². The van der Waals surface area contributed by atoms with Crippen molar-refractivity contribution in [3.05, 3.63) is 60.8 Å². The molecule has 0 fully saturated rings. The average Bonchev–Trinajstić information content (AvgIpc) is 2.41. The van der Waals surface area contributed by atoms with Gasteiger partial charge < -0.3 is 10.5 Å². The Labute approximate surface area is 105 Å². The minimum absolute atomic E-state index is 0.519. The van der Waals surface area contributed by atoms with Crippen molar-refractivity contribution in [2.45, 2.75) is 0 Å². The maximum Gasteiger partial charge on any atom is 0.131 e. The van der Waals surface area contributed by atoms with Crippen molar-refractivity contribution >= 4 is 16.6 Å². The second-order valence-electron chi connectivity index (χ2n) is 3.99. The third kappa shape index (κ3) is 1.98. The number of pyridine rings is 1. The number of nitrogens with two attached hydrogens (primary N) is 1. The molecule has 0 spiro atoms. The molecule has 0 bridgehead atoms. The van der Waals surface area contributed by atoms with E-state index in [0.29, 0.717) is 5.82 Å². The van der Waals surface area contributed by atoms with Crippen molar-refractivity contribution in [3.63, 3.8) is 0 Å². The zero-order valence-corrected chi connectivity index (χ0v) is 9.71. The molecule has 2 aromatic carbocycles. The van der Waals surface area contributed by atoms with Crippen LogP contribution < -0.4 is 10.5 Å². The molecule has 88 valence electrons. The quantitative estimate of drug-likeness (QED) is 0.739. The minimum Gasteiger partial charge on any atom is -0.457 e. The van der Waals surface area contributed by atoms with Crippen LogP contribution in [0.2, 0.25) is 0 Å². The number of ether oxygens (including phenoxy) is 1. The van der Waals surface area contributed by atoms with Crippen LogP contribution in [0.3, 0.4) is 0 Å². The molecule has 18 heavy (non-hydrogen) atoms. The molecular formula is C15H12N2O. The monoisotopic (exact) mass is 236 g/mol. The third-order valence-corrected chi connectivity index (χ3v) is 2.75. The number of hydrogen-bond acceptors (Lipinski definition) is 3. The van der Waals surface area contributed by atoms with Gasteiger partial charge in [-0.15, -0.1) is 0 Å². The number of benzene rings is 2. The number of para-hydroxylation sites is 1. The van der Waals surface area contributed by atoms with E-state index in [0.717, 1.165) is 22.3 Å². The summed E-state index contributed by atoms with van der Waals surface area (Å²) in [5.74, 6) is 2.08. The van der Waals surface area contributed by atoms with E-state index in [1.54, 1.807) is 6.20 Å². The van der Waals surface area contributed by atoms with Gasteiger partial charge in [0.1, 0.15) is 17.3 Å². The molecule has 0 aliphatic heterocycles. The topological polar surface area (TPSA) is 48.1 Å². The van der Waals surface area contributed by atoms with Gasteiger partial charge in [-0.05, 0) is 35.7 Å². The van der Waals surface area contributed by atoms with Gasteiger partial charge >= 0.3 is 0 Å². The van der Waals surface area contributed by atoms with Crippen LogP contribution in [-0.2, 0) is 0 Å². The Bertz CT molecular complexity index is 680. The molecule has 3 heteroatoms. The summed E-state index contributed by atoms with van der Waals surface area (Å²) in [4.78, 5) is 4.08. The molecule has 0 radical (unpaired) electrons. The summed E-state index contributed by atoms with van der Waals surface area (Å²) in [6.45, 7) is 0. The Morgan fingerprint density at radius 3 is 2.56 bits per heavy atom. The molecule has 0 amide bonds. The van der Waals surface area contributed by atoms with Crippen molar-refractivity contribution in [2.24, 2.45) is 0 Å². The fraction of sp³-hybridized carbons (Fsp3) is 0. The average molecular weight is 236 g/mol. The van der Waals surface area contributed by atoms with Gasteiger partial charge in [-0.3, -0.25) is 0 Å². The maximum atomic E-state index is 5.85. The highest BCUT2D eigenvalue weighted by atomic mass is 16.5. The number of fused-ring (bicyclic) bond motifs is 1. The standard InChI is InChI=1S/C15H12N2O/c16-15-14-10-13(7-6-11(14)8-9-17-15)18-12-4-2-1-3-5-12/h1-10H,(H2,16,17). The zero-order chi connectivity index (χ0) is 12.4. The van der Waals surface area contributed by atoms with Crippen LogP contribution in [-0.4, -0.2) is 4.98 Å². The van der Waals surface area contributed by atoms with Gasteiger partial charge in [0, 0.05) is 11.6 Å². The molecule has 0 saturated carbocycles. The lowest BCUT2D eigenvalue weighted by Crippen LogP contribution is -1.91. The van der Waals surface area contributed by atoms with Crippen LogP contribution in [0.15, 0.2) is 60.8 Å². The van der Waals surface area contributed by atoms with Crippen molar-refractivity contribution in [1.29, 1.82) is 0 Å². The Balaban J connectivity index is 2.01. The van der Waals surface area contributed by atoms with E-state index in [9.17, 15) is 0 Å². The van der Waals surface area contributed by atoms with E-state index in [4.69, 9.17) is 10.5 Å². The summed E-state index contributed by atoms with van der Waals surface area (Å²) < 4.78 is 5.76. The van der Waals surface area contributed by atoms with Gasteiger partial charge in [0.15, 0.2) is 0 Å². The number of hydrogen-bond donors (Lipinski definition) is 1. The number of rotatable bonds is 2. The van der Waals surface area contributed by atoms with Crippen LogP contribution in [0, 0.1) is 0 Å². The van der Waals surface area contributed by atoms with Gasteiger partial charge in [-0.2, -0.15) is 0 Å². The Morgan fingerprint density at radius 1 is 0.889 bits per heavy atom. The van der Waals surface area contributed by atoms with Gasteiger partial charge in [-0.25, -0.2) is 4.98 Å². The number of anilines is 1. The van der Waals surface area contributed by atoms with E-state index < -0.39 is 0 Å². The molecule has 1 aromatic heterocycles. The van der Waals surface area contributed by atoms with Crippen LogP contribution in [0.25, 0.3) is 10.8 Å². The molecular weight excluding hydrogens is 224 g/mol. The lowest BCUT2D eigenvalue weighted by Gasteiger charge is -2.07. The zero-order valence-electron chi connectivity index (χ0n) is 9.71. The summed E-state index contributed by atoms with van der Waals surface area (Å²) in [7, 11) is 0. The third-order valence-electron chi connectivity index (χ3n) is 2.75. The Kier molecular flexibility index (Phi) is 2.57. The predicted molar refractivity (Wildman–Crippen MR) is 72.7 cm³/mol. The molecule has 0 aliphatic rings. The van der Waals surface area contributed by atoms with Gasteiger partial charge in [0.25, 0.3) is 0 Å². The van der Waals surface area contributed by atoms with Gasteiger partial charge in [0.2, 0.25) is 0 Å². The molecule has 2 N–H and O–H groups in total. The predicted octanol–water partition coefficient (Wildman–Crippen LogP) is 3.61. The summed E-state index contributed by atoms with van der Waals surface area (Å²) >= 11 is 0. The number of nitrogens with zero attached hydrogens (tertiary/aromatic N) is 1. The second-order valence-corrected chi connectivity index (χ2v) is 3.99. The molecule has 3 nitrogen and oxygen atoms in total. The van der Waals surface area contributed by atoms with Crippen LogP contribution in [0.5, 0.6) is 11.5 Å². The summed E-state index contributed by atoms with van der Waals surface area (Å²) in [5, 5.41) is 1.97. The summed E-state index contributed by atoms with van der Waals surface area (Å²) in [6.07, 6.45) is 1.70. The number of nitrogen functional groups attached to an aromatic ring is 1. The van der Waals surface area contributed by atoms with Crippen molar-refractivity contribution in [3.8, 4) is 11.5 Å². The Morgan fingerprint density at radius 2 is 1.72 bits per heavy atom. The lowest BCUT2D eigenvalue weighted by atomic mass is 10.1. The normalized spacial score (nSPS) is 10.4.